The maximum Gasteiger partial charge on any atom is 0.147 e. The predicted octanol–water partition coefficient (Wildman–Crippen LogP) is 7.18. The monoisotopic (exact) mass is 512 g/mol. The molecule has 4 aliphatic carbocycles. The van der Waals surface area contributed by atoms with Crippen molar-refractivity contribution in [1.82, 2.24) is 0 Å². The van der Waals surface area contributed by atoms with Crippen molar-refractivity contribution in [2.24, 2.45) is 40.4 Å². The number of rotatable bonds is 5. The summed E-state index contributed by atoms with van der Waals surface area (Å²) in [5, 5.41) is 11.7. The van der Waals surface area contributed by atoms with Gasteiger partial charge in [0.1, 0.15) is 5.78 Å². The lowest BCUT2D eigenvalue weighted by atomic mass is 9.43. The van der Waals surface area contributed by atoms with Gasteiger partial charge in [-0.15, -0.1) is 0 Å². The molecule has 0 aliphatic heterocycles. The summed E-state index contributed by atoms with van der Waals surface area (Å²) < 4.78 is 5.67. The van der Waals surface area contributed by atoms with Crippen LogP contribution in [0.25, 0.3) is 0 Å². The molecule has 0 saturated heterocycles. The number of Topliss-reactive ketones (excluding diaryl/α,β-unsaturated/α-hetero) is 1. The molecule has 4 rings (SSSR count). The van der Waals surface area contributed by atoms with Crippen molar-refractivity contribution in [3.05, 3.63) is 0 Å². The molecule has 8 unspecified atom stereocenters. The number of carbonyl (C=O) groups is 1. The van der Waals surface area contributed by atoms with Crippen LogP contribution in [0.5, 0.6) is 0 Å². The van der Waals surface area contributed by atoms with Crippen molar-refractivity contribution in [3.63, 3.8) is 0 Å². The molecule has 0 spiro atoms. The Morgan fingerprint density at radius 3 is 2.31 bits per heavy atom. The quantitative estimate of drug-likeness (QED) is 0.396. The molecule has 186 valence electrons. The van der Waals surface area contributed by atoms with Gasteiger partial charge in [0.05, 0.1) is 17.5 Å². The third-order valence-corrected chi connectivity index (χ3v) is 10.9. The Kier molecular flexibility index (Phi) is 8.98. The lowest BCUT2D eigenvalue weighted by Gasteiger charge is -2.61. The molecule has 8 atom stereocenters. The minimum atomic E-state index is -0.632. The number of fused-ring (bicyclic) bond motifs is 5. The van der Waals surface area contributed by atoms with E-state index in [1.165, 1.54) is 38.5 Å². The van der Waals surface area contributed by atoms with E-state index in [1.807, 2.05) is 20.8 Å². The van der Waals surface area contributed by atoms with Crippen molar-refractivity contribution in [3.8, 4) is 0 Å². The second-order valence-corrected chi connectivity index (χ2v) is 12.3. The molecule has 0 aromatic rings. The standard InChI is InChI=1S/C26H43BrO3.C2H6/c1-4-30-17-26(29)13-10-20-18-9-12-25(3)21(6-5-7-22(25)23(28)16-27)19(18)8-11-24(20,2)14-15-26;1-2/h18-22,29H,4-17H2,1-3H3;1-2H3. The summed E-state index contributed by atoms with van der Waals surface area (Å²) in [4.78, 5) is 12.8. The van der Waals surface area contributed by atoms with Crippen molar-refractivity contribution >= 4 is 21.7 Å². The molecule has 4 aliphatic rings. The summed E-state index contributed by atoms with van der Waals surface area (Å²) in [6, 6.07) is 0. The summed E-state index contributed by atoms with van der Waals surface area (Å²) in [5.74, 6) is 3.71. The van der Waals surface area contributed by atoms with Crippen molar-refractivity contribution in [2.45, 2.75) is 111 Å². The zero-order chi connectivity index (χ0) is 23.6. The third-order valence-electron chi connectivity index (χ3n) is 10.4. The van der Waals surface area contributed by atoms with E-state index in [2.05, 4.69) is 29.8 Å². The first-order chi connectivity index (χ1) is 15.3. The number of carbonyl (C=O) groups excluding carboxylic acids is 1. The number of ether oxygens (including phenoxy) is 1. The largest absolute Gasteiger partial charge is 0.387 e. The molecule has 32 heavy (non-hydrogen) atoms. The summed E-state index contributed by atoms with van der Waals surface area (Å²) in [5.41, 5.74) is -0.0585. The van der Waals surface area contributed by atoms with Crippen molar-refractivity contribution < 1.29 is 14.6 Å². The van der Waals surface area contributed by atoms with Crippen LogP contribution in [0.4, 0.5) is 0 Å². The Morgan fingerprint density at radius 1 is 0.938 bits per heavy atom. The summed E-state index contributed by atoms with van der Waals surface area (Å²) in [7, 11) is 0. The number of halogens is 1. The normalized spacial score (nSPS) is 45.9. The minimum absolute atomic E-state index is 0.207. The highest BCUT2D eigenvalue weighted by atomic mass is 79.9. The van der Waals surface area contributed by atoms with Gasteiger partial charge in [-0.1, -0.05) is 50.0 Å². The smallest absolute Gasteiger partial charge is 0.147 e. The van der Waals surface area contributed by atoms with E-state index < -0.39 is 5.60 Å². The van der Waals surface area contributed by atoms with Gasteiger partial charge in [0.15, 0.2) is 0 Å². The molecule has 3 nitrogen and oxygen atoms in total. The van der Waals surface area contributed by atoms with Crippen LogP contribution in [-0.2, 0) is 9.53 Å². The Labute approximate surface area is 206 Å². The van der Waals surface area contributed by atoms with Gasteiger partial charge in [0, 0.05) is 12.5 Å². The first-order valence-electron chi connectivity index (χ1n) is 13.7. The molecule has 4 saturated carbocycles. The molecular formula is C28H49BrO3. The van der Waals surface area contributed by atoms with Crippen LogP contribution in [0.3, 0.4) is 0 Å². The van der Waals surface area contributed by atoms with Gasteiger partial charge in [-0.05, 0) is 106 Å². The Balaban J connectivity index is 0.00000141. The van der Waals surface area contributed by atoms with Crippen LogP contribution in [0.1, 0.15) is 105 Å². The SMILES string of the molecule is CC.CCOCC1(O)CCC2C3CCC4(C)C(C(=O)CBr)CCCC4C3CCC2(C)CC1. The number of hydrogen-bond donors (Lipinski definition) is 1. The van der Waals surface area contributed by atoms with Crippen LogP contribution in [0.2, 0.25) is 0 Å². The second kappa shape index (κ2) is 10.8. The molecule has 0 heterocycles. The van der Waals surface area contributed by atoms with E-state index in [4.69, 9.17) is 4.74 Å². The second-order valence-electron chi connectivity index (χ2n) is 11.8. The summed E-state index contributed by atoms with van der Waals surface area (Å²) in [6.45, 7) is 12.2. The van der Waals surface area contributed by atoms with E-state index in [-0.39, 0.29) is 11.3 Å². The van der Waals surface area contributed by atoms with Crippen LogP contribution >= 0.6 is 15.9 Å². The van der Waals surface area contributed by atoms with E-state index >= 15 is 0 Å². The molecule has 0 aromatic carbocycles. The minimum Gasteiger partial charge on any atom is -0.387 e. The van der Waals surface area contributed by atoms with Crippen LogP contribution < -0.4 is 0 Å². The third kappa shape index (κ3) is 4.89. The number of ketones is 1. The molecule has 0 bridgehead atoms. The number of aliphatic hydroxyl groups is 1. The Morgan fingerprint density at radius 2 is 1.62 bits per heavy atom. The molecular weight excluding hydrogens is 464 g/mol. The van der Waals surface area contributed by atoms with E-state index in [9.17, 15) is 9.90 Å². The average Bonchev–Trinajstić information content (AvgIpc) is 2.94. The van der Waals surface area contributed by atoms with Gasteiger partial charge in [0.2, 0.25) is 0 Å². The zero-order valence-corrected chi connectivity index (χ0v) is 23.0. The zero-order valence-electron chi connectivity index (χ0n) is 21.4. The van der Waals surface area contributed by atoms with Crippen LogP contribution in [0.15, 0.2) is 0 Å². The Bertz CT molecular complexity index is 638. The van der Waals surface area contributed by atoms with Crippen LogP contribution in [-0.4, -0.2) is 35.0 Å². The molecule has 0 amide bonds. The molecule has 0 aromatic heterocycles. The Hall–Kier alpha value is 0.0700. The average molecular weight is 514 g/mol. The van der Waals surface area contributed by atoms with Gasteiger partial charge in [-0.3, -0.25) is 4.79 Å². The van der Waals surface area contributed by atoms with Gasteiger partial charge in [-0.2, -0.15) is 0 Å². The van der Waals surface area contributed by atoms with Gasteiger partial charge in [0.25, 0.3) is 0 Å². The molecule has 1 N–H and O–H groups in total. The summed E-state index contributed by atoms with van der Waals surface area (Å²) >= 11 is 3.47. The van der Waals surface area contributed by atoms with Crippen molar-refractivity contribution in [1.29, 1.82) is 0 Å². The first kappa shape index (κ1) is 26.7. The summed E-state index contributed by atoms with van der Waals surface area (Å²) in [6.07, 6.45) is 12.8. The number of hydrogen-bond acceptors (Lipinski definition) is 3. The highest BCUT2D eigenvalue weighted by molar-refractivity contribution is 9.09. The highest BCUT2D eigenvalue weighted by Gasteiger charge is 2.58. The van der Waals surface area contributed by atoms with E-state index in [0.717, 1.165) is 49.9 Å². The maximum atomic E-state index is 12.8. The fraction of sp³-hybridized carbons (Fsp3) is 0.964. The lowest BCUT2D eigenvalue weighted by molar-refractivity contribution is -0.144. The van der Waals surface area contributed by atoms with Gasteiger partial charge >= 0.3 is 0 Å². The molecule has 4 fully saturated rings. The molecule has 0 radical (unpaired) electrons. The fourth-order valence-electron chi connectivity index (χ4n) is 8.62. The fourth-order valence-corrected chi connectivity index (χ4v) is 9.02. The first-order valence-corrected chi connectivity index (χ1v) is 14.8. The topological polar surface area (TPSA) is 46.5 Å². The van der Waals surface area contributed by atoms with Gasteiger partial charge in [-0.25, -0.2) is 0 Å². The highest BCUT2D eigenvalue weighted by Crippen LogP contribution is 2.65. The van der Waals surface area contributed by atoms with Crippen molar-refractivity contribution in [2.75, 3.05) is 18.5 Å². The predicted molar refractivity (Wildman–Crippen MR) is 136 cm³/mol. The number of alkyl halides is 1. The lowest BCUT2D eigenvalue weighted by Crippen LogP contribution is -2.55. The van der Waals surface area contributed by atoms with Gasteiger partial charge < -0.3 is 9.84 Å². The van der Waals surface area contributed by atoms with E-state index in [0.29, 0.717) is 35.7 Å². The van der Waals surface area contributed by atoms with E-state index in [1.54, 1.807) is 0 Å². The molecule has 4 heteroatoms. The van der Waals surface area contributed by atoms with Crippen LogP contribution in [0, 0.1) is 40.4 Å². The maximum absolute atomic E-state index is 12.8.